The summed E-state index contributed by atoms with van der Waals surface area (Å²) in [7, 11) is -0.512. The van der Waals surface area contributed by atoms with E-state index in [2.05, 4.69) is 24.5 Å². The molecule has 0 saturated carbocycles. The van der Waals surface area contributed by atoms with Gasteiger partial charge in [-0.25, -0.2) is 0 Å². The second kappa shape index (κ2) is 3.84. The third kappa shape index (κ3) is 1.53. The summed E-state index contributed by atoms with van der Waals surface area (Å²) in [5.74, 6) is 0. The van der Waals surface area contributed by atoms with Gasteiger partial charge in [0.25, 0.3) is 0 Å². The van der Waals surface area contributed by atoms with Crippen molar-refractivity contribution >= 4 is 17.2 Å². The molecule has 2 heteroatoms. The smallest absolute Gasteiger partial charge is 0.155 e. The van der Waals surface area contributed by atoms with Crippen LogP contribution in [0.3, 0.4) is 0 Å². The molecule has 1 aliphatic heterocycles. The molecule has 1 nitrogen and oxygen atoms in total. The highest BCUT2D eigenvalue weighted by atomic mass is 32.2. The summed E-state index contributed by atoms with van der Waals surface area (Å²) in [6, 6.07) is 8.25. The van der Waals surface area contributed by atoms with E-state index in [1.807, 2.05) is 24.3 Å². The van der Waals surface area contributed by atoms with Crippen molar-refractivity contribution in [3.63, 3.8) is 0 Å². The number of aryl methyl sites for hydroxylation is 1. The SMILES string of the molecule is Cc1ccccc1[SH]1C=CC=C1C=O. The molecule has 1 atom stereocenters. The first-order chi connectivity index (χ1) is 6.83. The van der Waals surface area contributed by atoms with Crippen LogP contribution in [0, 0.1) is 6.92 Å². The zero-order valence-electron chi connectivity index (χ0n) is 7.97. The van der Waals surface area contributed by atoms with Crippen LogP contribution >= 0.6 is 10.9 Å². The van der Waals surface area contributed by atoms with E-state index >= 15 is 0 Å². The number of aldehydes is 1. The maximum absolute atomic E-state index is 10.8. The number of benzene rings is 1. The fraction of sp³-hybridized carbons (Fsp3) is 0.0833. The zero-order valence-corrected chi connectivity index (χ0v) is 8.87. The Bertz CT molecular complexity index is 418. The first-order valence-electron chi connectivity index (χ1n) is 4.51. The number of hydrogen-bond acceptors (Lipinski definition) is 1. The Balaban J connectivity index is 2.41. The Labute approximate surface area is 86.5 Å². The van der Waals surface area contributed by atoms with Crippen LogP contribution in [0.5, 0.6) is 0 Å². The number of allylic oxidation sites excluding steroid dienone is 3. The zero-order chi connectivity index (χ0) is 9.97. The molecule has 0 aliphatic carbocycles. The van der Waals surface area contributed by atoms with Crippen molar-refractivity contribution < 1.29 is 4.79 Å². The number of thiol groups is 1. The van der Waals surface area contributed by atoms with Gasteiger partial charge in [-0.2, -0.15) is 10.9 Å². The molecule has 1 aliphatic rings. The lowest BCUT2D eigenvalue weighted by Crippen LogP contribution is -1.87. The lowest BCUT2D eigenvalue weighted by Gasteiger charge is -2.16. The Morgan fingerprint density at radius 1 is 1.29 bits per heavy atom. The van der Waals surface area contributed by atoms with Crippen LogP contribution in [0.25, 0.3) is 0 Å². The van der Waals surface area contributed by atoms with E-state index < -0.39 is 10.9 Å². The highest BCUT2D eigenvalue weighted by Crippen LogP contribution is 2.48. The van der Waals surface area contributed by atoms with Gasteiger partial charge in [0.15, 0.2) is 6.29 Å². The van der Waals surface area contributed by atoms with Gasteiger partial charge in [-0.05, 0) is 34.9 Å². The Morgan fingerprint density at radius 2 is 2.07 bits per heavy atom. The van der Waals surface area contributed by atoms with Gasteiger partial charge in [-0.15, -0.1) is 0 Å². The molecule has 0 N–H and O–H groups in total. The van der Waals surface area contributed by atoms with Crippen LogP contribution in [0.1, 0.15) is 5.56 Å². The van der Waals surface area contributed by atoms with Crippen LogP contribution in [-0.2, 0) is 4.79 Å². The predicted molar refractivity (Wildman–Crippen MR) is 61.7 cm³/mol. The molecule has 1 heterocycles. The molecule has 0 saturated heterocycles. The second-order valence-corrected chi connectivity index (χ2v) is 5.24. The minimum absolute atomic E-state index is 0.512. The third-order valence-corrected chi connectivity index (χ3v) is 4.58. The molecule has 0 fully saturated rings. The Hall–Kier alpha value is -1.28. The van der Waals surface area contributed by atoms with E-state index in [1.165, 1.54) is 10.5 Å². The van der Waals surface area contributed by atoms with Gasteiger partial charge in [0.1, 0.15) is 0 Å². The largest absolute Gasteiger partial charge is 0.297 e. The normalized spacial score (nSPS) is 22.1. The van der Waals surface area contributed by atoms with Crippen LogP contribution in [0.2, 0.25) is 0 Å². The third-order valence-electron chi connectivity index (χ3n) is 2.28. The van der Waals surface area contributed by atoms with Crippen LogP contribution in [0.4, 0.5) is 0 Å². The highest BCUT2D eigenvalue weighted by molar-refractivity contribution is 8.23. The van der Waals surface area contributed by atoms with Gasteiger partial charge in [-0.3, -0.25) is 4.79 Å². The summed E-state index contributed by atoms with van der Waals surface area (Å²) < 4.78 is 0. The average Bonchev–Trinajstić information content (AvgIpc) is 2.66. The van der Waals surface area contributed by atoms with Crippen molar-refractivity contribution in [3.8, 4) is 0 Å². The van der Waals surface area contributed by atoms with Crippen molar-refractivity contribution in [1.29, 1.82) is 0 Å². The number of hydrogen-bond donors (Lipinski definition) is 1. The summed E-state index contributed by atoms with van der Waals surface area (Å²) in [5, 5.41) is 2.13. The van der Waals surface area contributed by atoms with E-state index in [9.17, 15) is 4.79 Å². The summed E-state index contributed by atoms with van der Waals surface area (Å²) in [6.45, 7) is 2.09. The summed E-state index contributed by atoms with van der Waals surface area (Å²) in [4.78, 5) is 13.0. The number of carbonyl (C=O) groups is 1. The molecule has 0 radical (unpaired) electrons. The second-order valence-electron chi connectivity index (χ2n) is 3.21. The molecule has 1 aromatic carbocycles. The van der Waals surface area contributed by atoms with Gasteiger partial charge >= 0.3 is 0 Å². The highest BCUT2D eigenvalue weighted by Gasteiger charge is 2.13. The van der Waals surface area contributed by atoms with E-state index in [-0.39, 0.29) is 0 Å². The number of carbonyl (C=O) groups excluding carboxylic acids is 1. The fourth-order valence-electron chi connectivity index (χ4n) is 1.54. The van der Waals surface area contributed by atoms with E-state index in [0.717, 1.165) is 11.2 Å². The van der Waals surface area contributed by atoms with Gasteiger partial charge < -0.3 is 0 Å². The Kier molecular flexibility index (Phi) is 2.55. The lowest BCUT2D eigenvalue weighted by molar-refractivity contribution is -0.104. The van der Waals surface area contributed by atoms with E-state index in [4.69, 9.17) is 0 Å². The first kappa shape index (κ1) is 9.28. The predicted octanol–water partition coefficient (Wildman–Crippen LogP) is 2.97. The quantitative estimate of drug-likeness (QED) is 0.579. The molecule has 0 amide bonds. The van der Waals surface area contributed by atoms with Gasteiger partial charge in [0.2, 0.25) is 0 Å². The minimum Gasteiger partial charge on any atom is -0.297 e. The van der Waals surface area contributed by atoms with Gasteiger partial charge in [0, 0.05) is 4.91 Å². The van der Waals surface area contributed by atoms with Crippen molar-refractivity contribution in [3.05, 3.63) is 52.3 Å². The van der Waals surface area contributed by atoms with Gasteiger partial charge in [-0.1, -0.05) is 24.3 Å². The molecule has 0 spiro atoms. The van der Waals surface area contributed by atoms with E-state index in [0.29, 0.717) is 0 Å². The van der Waals surface area contributed by atoms with E-state index in [1.54, 1.807) is 0 Å². The minimum atomic E-state index is -0.512. The van der Waals surface area contributed by atoms with Crippen LogP contribution in [-0.4, -0.2) is 6.29 Å². The van der Waals surface area contributed by atoms with Gasteiger partial charge in [0.05, 0.1) is 0 Å². The average molecular weight is 204 g/mol. The molecule has 72 valence electrons. The lowest BCUT2D eigenvalue weighted by atomic mass is 10.2. The summed E-state index contributed by atoms with van der Waals surface area (Å²) >= 11 is 0. The Morgan fingerprint density at radius 3 is 2.79 bits per heavy atom. The van der Waals surface area contributed by atoms with Crippen molar-refractivity contribution in [2.45, 2.75) is 11.8 Å². The van der Waals surface area contributed by atoms with Crippen molar-refractivity contribution in [1.82, 2.24) is 0 Å². The van der Waals surface area contributed by atoms with Crippen molar-refractivity contribution in [2.75, 3.05) is 0 Å². The first-order valence-corrected chi connectivity index (χ1v) is 5.92. The molecule has 0 aromatic heterocycles. The molecule has 1 unspecified atom stereocenters. The monoisotopic (exact) mass is 204 g/mol. The van der Waals surface area contributed by atoms with Crippen LogP contribution in [0.15, 0.2) is 51.6 Å². The summed E-state index contributed by atoms with van der Waals surface area (Å²) in [5.41, 5.74) is 1.26. The molecule has 1 aromatic rings. The van der Waals surface area contributed by atoms with Crippen LogP contribution < -0.4 is 0 Å². The maximum Gasteiger partial charge on any atom is 0.155 e. The molecule has 2 rings (SSSR count). The molecular formula is C12H12OS. The molecule has 0 bridgehead atoms. The number of rotatable bonds is 2. The standard InChI is InChI=1S/C12H12OS/c1-10-5-2-3-7-12(10)14-8-4-6-11(14)9-13/h2-9,14H,1H3. The summed E-state index contributed by atoms with van der Waals surface area (Å²) in [6.07, 6.45) is 4.85. The topological polar surface area (TPSA) is 17.1 Å². The fourth-order valence-corrected chi connectivity index (χ4v) is 3.47. The maximum atomic E-state index is 10.8. The molecular weight excluding hydrogens is 192 g/mol. The molecule has 14 heavy (non-hydrogen) atoms. The van der Waals surface area contributed by atoms with Crippen molar-refractivity contribution in [2.24, 2.45) is 0 Å².